The Labute approximate surface area is 181 Å². The summed E-state index contributed by atoms with van der Waals surface area (Å²) in [7, 11) is 0. The van der Waals surface area contributed by atoms with E-state index in [9.17, 15) is 19.3 Å². The van der Waals surface area contributed by atoms with E-state index in [0.29, 0.717) is 11.3 Å². The molecule has 0 saturated heterocycles. The first-order chi connectivity index (χ1) is 14.9. The molecule has 31 heavy (non-hydrogen) atoms. The Kier molecular flexibility index (Phi) is 7.13. The molecule has 0 aliphatic carbocycles. The maximum Gasteiger partial charge on any atom is 0.269 e. The molecule has 0 saturated carbocycles. The third-order valence-electron chi connectivity index (χ3n) is 3.95. The second-order valence-electron chi connectivity index (χ2n) is 6.18. The molecule has 3 rings (SSSR count). The molecule has 0 unspecified atom stereocenters. The number of ether oxygens (including phenoxy) is 1. The van der Waals surface area contributed by atoms with E-state index in [1.54, 1.807) is 24.3 Å². The Balaban J connectivity index is 1.53. The van der Waals surface area contributed by atoms with E-state index in [0.717, 1.165) is 0 Å². The van der Waals surface area contributed by atoms with Crippen molar-refractivity contribution in [2.24, 2.45) is 5.10 Å². The maximum absolute atomic E-state index is 13.6. The second-order valence-corrected chi connectivity index (χ2v) is 6.59. The zero-order valence-corrected chi connectivity index (χ0v) is 16.7. The maximum atomic E-state index is 13.6. The fourth-order valence-corrected chi connectivity index (χ4v) is 2.69. The summed E-state index contributed by atoms with van der Waals surface area (Å²) in [5.41, 5.74) is 4.03. The molecule has 1 amide bonds. The molecule has 8 nitrogen and oxygen atoms in total. The van der Waals surface area contributed by atoms with Gasteiger partial charge < -0.3 is 10.1 Å². The van der Waals surface area contributed by atoms with Crippen LogP contribution in [-0.4, -0.2) is 23.7 Å². The highest BCUT2D eigenvalue weighted by atomic mass is 35.5. The van der Waals surface area contributed by atoms with E-state index < -0.39 is 16.6 Å². The molecule has 2 N–H and O–H groups in total. The second kappa shape index (κ2) is 10.2. The third kappa shape index (κ3) is 6.25. The number of anilines is 2. The Hall–Kier alpha value is -3.98. The van der Waals surface area contributed by atoms with Crippen molar-refractivity contribution in [3.63, 3.8) is 0 Å². The van der Waals surface area contributed by atoms with E-state index in [2.05, 4.69) is 15.8 Å². The number of benzene rings is 3. The molecular weight excluding hydrogens is 427 g/mol. The molecule has 0 aromatic heterocycles. The molecule has 0 fully saturated rings. The average Bonchev–Trinajstić information content (AvgIpc) is 2.75. The van der Waals surface area contributed by atoms with Crippen molar-refractivity contribution in [1.82, 2.24) is 0 Å². The standard InChI is InChI=1S/C21H16ClFN4O4/c22-17-11-14(12-24-26-15-6-8-16(9-7-15)27(29)30)5-10-20(17)31-13-21(28)25-19-4-2-1-3-18(19)23/h1-12,26H,13H2,(H,25,28)/b24-12-. The summed E-state index contributed by atoms with van der Waals surface area (Å²) < 4.78 is 18.9. The Morgan fingerprint density at radius 2 is 1.90 bits per heavy atom. The number of amides is 1. The van der Waals surface area contributed by atoms with Gasteiger partial charge in [0.05, 0.1) is 27.5 Å². The fraction of sp³-hybridized carbons (Fsp3) is 0.0476. The number of carbonyl (C=O) groups is 1. The van der Waals surface area contributed by atoms with Crippen molar-refractivity contribution in [2.45, 2.75) is 0 Å². The largest absolute Gasteiger partial charge is 0.482 e. The zero-order valence-electron chi connectivity index (χ0n) is 15.9. The van der Waals surface area contributed by atoms with Crippen LogP contribution in [-0.2, 0) is 4.79 Å². The van der Waals surface area contributed by atoms with E-state index in [1.165, 1.54) is 48.7 Å². The average molecular weight is 443 g/mol. The summed E-state index contributed by atoms with van der Waals surface area (Å²) >= 11 is 6.18. The first-order valence-electron chi connectivity index (χ1n) is 8.92. The monoisotopic (exact) mass is 442 g/mol. The van der Waals surface area contributed by atoms with Gasteiger partial charge in [0.2, 0.25) is 0 Å². The number of nitro benzene ring substituents is 1. The fourth-order valence-electron chi connectivity index (χ4n) is 2.45. The highest BCUT2D eigenvalue weighted by Gasteiger charge is 2.09. The number of non-ortho nitro benzene ring substituents is 1. The van der Waals surface area contributed by atoms with Crippen LogP contribution in [0.25, 0.3) is 0 Å². The highest BCUT2D eigenvalue weighted by Crippen LogP contribution is 2.25. The van der Waals surface area contributed by atoms with Crippen LogP contribution < -0.4 is 15.5 Å². The molecule has 3 aromatic rings. The smallest absolute Gasteiger partial charge is 0.269 e. The molecular formula is C21H16ClFN4O4. The van der Waals surface area contributed by atoms with Gasteiger partial charge in [-0.15, -0.1) is 0 Å². The van der Waals surface area contributed by atoms with Gasteiger partial charge in [0.15, 0.2) is 6.61 Å². The molecule has 0 heterocycles. The number of para-hydroxylation sites is 1. The van der Waals surface area contributed by atoms with E-state index in [1.807, 2.05) is 0 Å². The topological polar surface area (TPSA) is 106 Å². The lowest BCUT2D eigenvalue weighted by atomic mass is 10.2. The van der Waals surface area contributed by atoms with E-state index in [-0.39, 0.29) is 28.8 Å². The predicted octanol–water partition coefficient (Wildman–Crippen LogP) is 4.85. The lowest BCUT2D eigenvalue weighted by Crippen LogP contribution is -2.20. The lowest BCUT2D eigenvalue weighted by Gasteiger charge is -2.09. The van der Waals surface area contributed by atoms with Gasteiger partial charge in [-0.2, -0.15) is 5.10 Å². The summed E-state index contributed by atoms with van der Waals surface area (Å²) in [6, 6.07) is 16.4. The van der Waals surface area contributed by atoms with E-state index in [4.69, 9.17) is 16.3 Å². The van der Waals surface area contributed by atoms with E-state index >= 15 is 0 Å². The number of hydrogen-bond donors (Lipinski definition) is 2. The molecule has 0 aliphatic heterocycles. The van der Waals surface area contributed by atoms with Gasteiger partial charge in [-0.25, -0.2) is 4.39 Å². The number of nitrogens with one attached hydrogen (secondary N) is 2. The summed E-state index contributed by atoms with van der Waals surface area (Å²) in [5, 5.41) is 17.4. The molecule has 0 atom stereocenters. The number of nitrogens with zero attached hydrogens (tertiary/aromatic N) is 2. The summed E-state index contributed by atoms with van der Waals surface area (Å²) in [4.78, 5) is 22.1. The van der Waals surface area contributed by atoms with Crippen molar-refractivity contribution in [1.29, 1.82) is 0 Å². The van der Waals surface area contributed by atoms with Crippen LogP contribution in [0.15, 0.2) is 71.8 Å². The van der Waals surface area contributed by atoms with Crippen molar-refractivity contribution >= 4 is 40.8 Å². The summed E-state index contributed by atoms with van der Waals surface area (Å²) in [5.74, 6) is -0.787. The number of hydrazone groups is 1. The van der Waals surface area contributed by atoms with Crippen molar-refractivity contribution in [3.8, 4) is 5.75 Å². The van der Waals surface area contributed by atoms with Gasteiger partial charge in [0.25, 0.3) is 11.6 Å². The first-order valence-corrected chi connectivity index (χ1v) is 9.30. The number of carbonyl (C=O) groups excluding carboxylic acids is 1. The summed E-state index contributed by atoms with van der Waals surface area (Å²) in [6.45, 7) is -0.344. The van der Waals surface area contributed by atoms with Crippen LogP contribution in [0, 0.1) is 15.9 Å². The van der Waals surface area contributed by atoms with Gasteiger partial charge in [-0.3, -0.25) is 20.3 Å². The number of halogens is 2. The third-order valence-corrected chi connectivity index (χ3v) is 4.24. The lowest BCUT2D eigenvalue weighted by molar-refractivity contribution is -0.384. The highest BCUT2D eigenvalue weighted by molar-refractivity contribution is 6.32. The van der Waals surface area contributed by atoms with Crippen molar-refractivity contribution in [3.05, 3.63) is 93.2 Å². The van der Waals surface area contributed by atoms with Crippen molar-refractivity contribution < 1.29 is 18.8 Å². The van der Waals surface area contributed by atoms with Crippen LogP contribution >= 0.6 is 11.6 Å². The Morgan fingerprint density at radius 1 is 1.16 bits per heavy atom. The zero-order chi connectivity index (χ0) is 22.2. The molecule has 0 radical (unpaired) electrons. The number of rotatable bonds is 8. The number of hydrogen-bond acceptors (Lipinski definition) is 6. The first kappa shape index (κ1) is 21.7. The van der Waals surface area contributed by atoms with Crippen LogP contribution in [0.4, 0.5) is 21.5 Å². The van der Waals surface area contributed by atoms with Crippen molar-refractivity contribution in [2.75, 3.05) is 17.3 Å². The van der Waals surface area contributed by atoms with Gasteiger partial charge in [0, 0.05) is 12.1 Å². The minimum Gasteiger partial charge on any atom is -0.482 e. The molecule has 158 valence electrons. The quantitative estimate of drug-likeness (QED) is 0.294. The Bertz CT molecular complexity index is 1120. The van der Waals surface area contributed by atoms with Gasteiger partial charge in [0.1, 0.15) is 11.6 Å². The minimum absolute atomic E-state index is 0.0144. The van der Waals surface area contributed by atoms with Crippen LogP contribution in [0.5, 0.6) is 5.75 Å². The molecule has 0 aliphatic rings. The Morgan fingerprint density at radius 3 is 2.58 bits per heavy atom. The normalized spacial score (nSPS) is 10.6. The molecule has 0 spiro atoms. The van der Waals surface area contributed by atoms with Crippen LogP contribution in [0.3, 0.4) is 0 Å². The van der Waals surface area contributed by atoms with Gasteiger partial charge in [-0.05, 0) is 48.0 Å². The van der Waals surface area contributed by atoms with Crippen LogP contribution in [0.2, 0.25) is 5.02 Å². The predicted molar refractivity (Wildman–Crippen MR) is 116 cm³/mol. The van der Waals surface area contributed by atoms with Crippen LogP contribution in [0.1, 0.15) is 5.56 Å². The number of nitro groups is 1. The minimum atomic E-state index is -0.542. The summed E-state index contributed by atoms with van der Waals surface area (Å²) in [6.07, 6.45) is 1.50. The molecule has 10 heteroatoms. The van der Waals surface area contributed by atoms with Gasteiger partial charge >= 0.3 is 0 Å². The molecule has 0 bridgehead atoms. The molecule has 3 aromatic carbocycles. The SMILES string of the molecule is O=C(COc1ccc(/C=N\Nc2ccc([N+](=O)[O-])cc2)cc1Cl)Nc1ccccc1F. The van der Waals surface area contributed by atoms with Gasteiger partial charge in [-0.1, -0.05) is 23.7 Å².